The van der Waals surface area contributed by atoms with Gasteiger partial charge >= 0.3 is 0 Å². The number of nitrogens with zero attached hydrogens (tertiary/aromatic N) is 3. The van der Waals surface area contributed by atoms with Crippen molar-refractivity contribution >= 4 is 70.2 Å². The number of anilines is 3. The van der Waals surface area contributed by atoms with Gasteiger partial charge in [-0.2, -0.15) is 0 Å². The molecule has 15 N–H and O–H groups in total. The van der Waals surface area contributed by atoms with Gasteiger partial charge in [0.25, 0.3) is 35.4 Å². The molecule has 9 amide bonds. The Morgan fingerprint density at radius 3 is 0.771 bits per heavy atom. The summed E-state index contributed by atoms with van der Waals surface area (Å²) in [5.74, 6) is -7.30. The predicted octanol–water partition coefficient (Wildman–Crippen LogP) is -1.87. The summed E-state index contributed by atoms with van der Waals surface area (Å²) in [6.07, 6.45) is -4.00. The van der Waals surface area contributed by atoms with Crippen LogP contribution in [0.15, 0.2) is 0 Å². The summed E-state index contributed by atoms with van der Waals surface area (Å²) >= 11 is 0. The average Bonchev–Trinajstić information content (AvgIpc) is 3.49. The average molecular weight is 1170 g/mol. The van der Waals surface area contributed by atoms with Crippen LogP contribution < -0.4 is 31.9 Å². The van der Waals surface area contributed by atoms with E-state index < -0.39 is 136 Å². The standard InChI is InChI=1S/C56H81N9O18/c1-26-41(29(4)47(60-38(75)20-69)32(7)44(26)53(81)63(11)14-35(72)17-66)50(78)57-23-56(10,24-58-51(79)42-27(2)45(54(82)64(12)15-36(73)18-67)33(8)48(30(42)5)61-39(76)21-70)25-59-52(80)43-28(3)46(55(83)65(13)16-37(74)19-68)34(9)49(31(43)6)62-40(77)22-71/h35-37,66-74H,14-25H2,1-13H3,(H,57,78)(H,58,79)(H,59,80)(H,60,75)(H,61,76)(H,62,77). The molecule has 0 aliphatic carbocycles. The lowest BCUT2D eigenvalue weighted by Gasteiger charge is -2.32. The van der Waals surface area contributed by atoms with E-state index in [0.717, 1.165) is 14.7 Å². The van der Waals surface area contributed by atoms with Gasteiger partial charge in [-0.3, -0.25) is 43.2 Å². The Balaban J connectivity index is 2.35. The predicted molar refractivity (Wildman–Crippen MR) is 304 cm³/mol. The smallest absolute Gasteiger partial charge is 0.254 e. The van der Waals surface area contributed by atoms with Crippen LogP contribution in [0.1, 0.15) is 119 Å². The molecule has 0 saturated heterocycles. The van der Waals surface area contributed by atoms with Crippen LogP contribution in [-0.4, -0.2) is 232 Å². The molecule has 3 atom stereocenters. The van der Waals surface area contributed by atoms with Crippen molar-refractivity contribution in [1.82, 2.24) is 30.7 Å². The number of aliphatic hydroxyl groups excluding tert-OH is 9. The lowest BCUT2D eigenvalue weighted by atomic mass is 9.86. The van der Waals surface area contributed by atoms with Crippen molar-refractivity contribution in [3.63, 3.8) is 0 Å². The minimum atomic E-state index is -1.47. The highest BCUT2D eigenvalue weighted by Crippen LogP contribution is 2.36. The molecule has 0 bridgehead atoms. The van der Waals surface area contributed by atoms with Crippen LogP contribution in [0.3, 0.4) is 0 Å². The molecule has 0 radical (unpaired) electrons. The van der Waals surface area contributed by atoms with Gasteiger partial charge in [0.2, 0.25) is 17.7 Å². The summed E-state index contributed by atoms with van der Waals surface area (Å²) < 4.78 is 0. The molecular formula is C56H81N9O18. The fourth-order valence-electron chi connectivity index (χ4n) is 10.0. The van der Waals surface area contributed by atoms with Crippen LogP contribution in [0.4, 0.5) is 17.1 Å². The third-order valence-corrected chi connectivity index (χ3v) is 14.5. The van der Waals surface area contributed by atoms with Crippen LogP contribution in [0.2, 0.25) is 0 Å². The van der Waals surface area contributed by atoms with Gasteiger partial charge in [-0.1, -0.05) is 6.92 Å². The van der Waals surface area contributed by atoms with E-state index in [1.165, 1.54) is 83.5 Å². The first kappa shape index (κ1) is 69.8. The molecule has 27 heteroatoms. The second kappa shape index (κ2) is 30.2. The first-order valence-corrected chi connectivity index (χ1v) is 26.4. The Morgan fingerprint density at radius 2 is 0.578 bits per heavy atom. The fraction of sp³-hybridized carbons (Fsp3) is 0.518. The number of carbonyl (C=O) groups is 9. The molecule has 0 aliphatic heterocycles. The van der Waals surface area contributed by atoms with E-state index in [2.05, 4.69) is 31.9 Å². The molecule has 3 aromatic rings. The zero-order chi connectivity index (χ0) is 63.3. The van der Waals surface area contributed by atoms with E-state index >= 15 is 0 Å². The van der Waals surface area contributed by atoms with Crippen molar-refractivity contribution in [3.05, 3.63) is 83.5 Å². The summed E-state index contributed by atoms with van der Waals surface area (Å²) in [5.41, 5.74) is -0.609. The van der Waals surface area contributed by atoms with Crippen molar-refractivity contribution in [2.75, 3.05) is 116 Å². The molecular weight excluding hydrogens is 1090 g/mol. The highest BCUT2D eigenvalue weighted by molar-refractivity contribution is 6.10. The van der Waals surface area contributed by atoms with Gasteiger partial charge in [-0.05, 0) is 112 Å². The highest BCUT2D eigenvalue weighted by Gasteiger charge is 2.35. The largest absolute Gasteiger partial charge is 0.394 e. The summed E-state index contributed by atoms with van der Waals surface area (Å²) in [7, 11) is 4.04. The fourth-order valence-corrected chi connectivity index (χ4v) is 10.0. The van der Waals surface area contributed by atoms with E-state index in [9.17, 15) is 89.1 Å². The van der Waals surface area contributed by atoms with Crippen LogP contribution in [-0.2, 0) is 14.4 Å². The molecule has 0 heterocycles. The molecule has 0 saturated carbocycles. The molecule has 0 aliphatic rings. The Hall–Kier alpha value is -7.47. The normalized spacial score (nSPS) is 12.9. The van der Waals surface area contributed by atoms with Gasteiger partial charge in [0.15, 0.2) is 0 Å². The number of hydrogen-bond acceptors (Lipinski definition) is 18. The summed E-state index contributed by atoms with van der Waals surface area (Å²) in [5, 5.41) is 104. The van der Waals surface area contributed by atoms with Crippen molar-refractivity contribution in [2.24, 2.45) is 5.41 Å². The van der Waals surface area contributed by atoms with Gasteiger partial charge in [0.05, 0.1) is 38.1 Å². The van der Waals surface area contributed by atoms with Crippen molar-refractivity contribution in [2.45, 2.75) is 87.5 Å². The summed E-state index contributed by atoms with van der Waals surface area (Å²) in [6.45, 7) is 7.76. The third-order valence-electron chi connectivity index (χ3n) is 14.5. The quantitative estimate of drug-likeness (QED) is 0.0397. The summed E-state index contributed by atoms with van der Waals surface area (Å²) in [4.78, 5) is 128. The third kappa shape index (κ3) is 16.4. The monoisotopic (exact) mass is 1170 g/mol. The first-order chi connectivity index (χ1) is 38.7. The minimum absolute atomic E-state index is 0.000514. The zero-order valence-corrected chi connectivity index (χ0v) is 49.3. The highest BCUT2D eigenvalue weighted by atomic mass is 16.3. The van der Waals surface area contributed by atoms with Crippen LogP contribution in [0.5, 0.6) is 0 Å². The van der Waals surface area contributed by atoms with Gasteiger partial charge < -0.3 is 92.6 Å². The van der Waals surface area contributed by atoms with Crippen LogP contribution in [0.25, 0.3) is 0 Å². The molecule has 0 aromatic heterocycles. The zero-order valence-electron chi connectivity index (χ0n) is 49.3. The van der Waals surface area contributed by atoms with Gasteiger partial charge in [-0.15, -0.1) is 0 Å². The first-order valence-electron chi connectivity index (χ1n) is 26.4. The molecule has 3 unspecified atom stereocenters. The summed E-state index contributed by atoms with van der Waals surface area (Å²) in [6, 6.07) is 0. The van der Waals surface area contributed by atoms with Crippen molar-refractivity contribution < 1.29 is 89.1 Å². The number of nitrogens with one attached hydrogen (secondary N) is 6. The van der Waals surface area contributed by atoms with Gasteiger partial charge in [0.1, 0.15) is 19.8 Å². The van der Waals surface area contributed by atoms with E-state index in [-0.39, 0.29) is 120 Å². The Bertz CT molecular complexity index is 2690. The maximum atomic E-state index is 14.8. The number of hydrogen-bond donors (Lipinski definition) is 15. The van der Waals surface area contributed by atoms with E-state index in [0.29, 0.717) is 0 Å². The van der Waals surface area contributed by atoms with E-state index in [1.54, 1.807) is 6.92 Å². The number of likely N-dealkylation sites (N-methyl/N-ethyl adjacent to an activating group) is 3. The molecule has 458 valence electrons. The number of amides is 9. The van der Waals surface area contributed by atoms with E-state index in [4.69, 9.17) is 0 Å². The number of rotatable bonds is 27. The maximum absolute atomic E-state index is 14.8. The molecule has 3 rings (SSSR count). The lowest BCUT2D eigenvalue weighted by molar-refractivity contribution is -0.119. The maximum Gasteiger partial charge on any atom is 0.254 e. The van der Waals surface area contributed by atoms with Crippen LogP contribution in [0, 0.1) is 67.7 Å². The van der Waals surface area contributed by atoms with Crippen LogP contribution >= 0.6 is 0 Å². The van der Waals surface area contributed by atoms with Crippen molar-refractivity contribution in [1.29, 1.82) is 0 Å². The van der Waals surface area contributed by atoms with Gasteiger partial charge in [-0.25, -0.2) is 0 Å². The molecule has 0 fully saturated rings. The SMILES string of the molecule is Cc1c(NC(=O)CO)c(C)c(C(=O)N(C)CC(O)CO)c(C)c1C(=O)NCC(C)(CNC(=O)c1c(C)c(NC(=O)CO)c(C)c(C(=O)N(C)CC(O)CO)c1C)CNC(=O)c1c(C)c(NC(=O)CO)c(C)c(C(=O)N(C)CC(O)CO)c1C. The molecule has 27 nitrogen and oxygen atoms in total. The topological polar surface area (TPSA) is 418 Å². The number of benzene rings is 3. The number of aliphatic hydroxyl groups is 9. The Labute approximate surface area is 481 Å². The minimum Gasteiger partial charge on any atom is -0.394 e. The molecule has 83 heavy (non-hydrogen) atoms. The van der Waals surface area contributed by atoms with Gasteiger partial charge in [0, 0.05) is 116 Å². The molecule has 0 spiro atoms. The lowest BCUT2D eigenvalue weighted by Crippen LogP contribution is -2.50. The Kier molecular flexibility index (Phi) is 25.4. The second-order valence-corrected chi connectivity index (χ2v) is 21.0. The van der Waals surface area contributed by atoms with Crippen molar-refractivity contribution in [3.8, 4) is 0 Å². The van der Waals surface area contributed by atoms with E-state index in [1.807, 2.05) is 0 Å². The molecule has 3 aromatic carbocycles. The Morgan fingerprint density at radius 1 is 0.373 bits per heavy atom. The number of carbonyl (C=O) groups excluding carboxylic acids is 9. The second-order valence-electron chi connectivity index (χ2n) is 21.0.